The van der Waals surface area contributed by atoms with E-state index >= 15 is 0 Å². The minimum absolute atomic E-state index is 0.143. The molecule has 2 aromatic rings. The predicted molar refractivity (Wildman–Crippen MR) is 115 cm³/mol. The number of amides is 1. The van der Waals surface area contributed by atoms with Crippen LogP contribution in [0.2, 0.25) is 0 Å². The van der Waals surface area contributed by atoms with Gasteiger partial charge in [-0.15, -0.1) is 0 Å². The Kier molecular flexibility index (Phi) is 7.53. The van der Waals surface area contributed by atoms with Gasteiger partial charge in [-0.1, -0.05) is 18.2 Å². The van der Waals surface area contributed by atoms with Crippen LogP contribution < -0.4 is 19.7 Å². The van der Waals surface area contributed by atoms with Crippen LogP contribution in [-0.2, 0) is 16.1 Å². The molecule has 0 aliphatic carbocycles. The molecule has 0 aromatic heterocycles. The van der Waals surface area contributed by atoms with Crippen LogP contribution in [0.1, 0.15) is 18.1 Å². The molecule has 6 nitrogen and oxygen atoms in total. The summed E-state index contributed by atoms with van der Waals surface area (Å²) in [6.07, 6.45) is 3.28. The molecule has 6 heteroatoms. The smallest absolute Gasteiger partial charge is 0.244 e. The third-order valence-corrected chi connectivity index (χ3v) is 4.69. The Balaban J connectivity index is 1.51. The first-order valence-electron chi connectivity index (χ1n) is 9.88. The topological polar surface area (TPSA) is 60.0 Å². The summed E-state index contributed by atoms with van der Waals surface area (Å²) in [4.78, 5) is 14.5. The van der Waals surface area contributed by atoms with Crippen LogP contribution in [-0.4, -0.2) is 45.9 Å². The second-order valence-corrected chi connectivity index (χ2v) is 6.66. The average molecular weight is 396 g/mol. The van der Waals surface area contributed by atoms with Crippen molar-refractivity contribution in [2.24, 2.45) is 0 Å². The number of ether oxygens (including phenoxy) is 3. The van der Waals surface area contributed by atoms with E-state index in [1.165, 1.54) is 11.8 Å². The number of nitrogens with zero attached hydrogens (tertiary/aromatic N) is 1. The zero-order valence-corrected chi connectivity index (χ0v) is 17.0. The number of carbonyl (C=O) groups excluding carboxylic acids is 1. The minimum atomic E-state index is -0.143. The van der Waals surface area contributed by atoms with Crippen molar-refractivity contribution in [2.75, 3.05) is 44.9 Å². The van der Waals surface area contributed by atoms with Gasteiger partial charge in [0.25, 0.3) is 0 Å². The summed E-state index contributed by atoms with van der Waals surface area (Å²) in [5, 5.41) is 2.91. The van der Waals surface area contributed by atoms with Gasteiger partial charge in [-0.05, 0) is 48.4 Å². The van der Waals surface area contributed by atoms with Gasteiger partial charge in [-0.25, -0.2) is 0 Å². The molecule has 1 aliphatic heterocycles. The lowest BCUT2D eigenvalue weighted by molar-refractivity contribution is -0.116. The van der Waals surface area contributed by atoms with Gasteiger partial charge in [0, 0.05) is 31.4 Å². The Labute approximate surface area is 172 Å². The number of rotatable bonds is 8. The van der Waals surface area contributed by atoms with E-state index in [9.17, 15) is 4.79 Å². The third-order valence-electron chi connectivity index (χ3n) is 4.69. The van der Waals surface area contributed by atoms with Crippen LogP contribution >= 0.6 is 0 Å². The van der Waals surface area contributed by atoms with E-state index in [0.717, 1.165) is 37.4 Å². The summed E-state index contributed by atoms with van der Waals surface area (Å²) in [7, 11) is 1.60. The highest BCUT2D eigenvalue weighted by atomic mass is 16.5. The second kappa shape index (κ2) is 10.5. The zero-order valence-electron chi connectivity index (χ0n) is 17.0. The van der Waals surface area contributed by atoms with Crippen LogP contribution in [0.3, 0.4) is 0 Å². The van der Waals surface area contributed by atoms with Crippen molar-refractivity contribution in [2.45, 2.75) is 13.5 Å². The SMILES string of the molecule is CCOc1ccc(C=CC(=O)NCc2ccc(N3CCOCC3)cc2)cc1OC. The number of hydrogen-bond acceptors (Lipinski definition) is 5. The van der Waals surface area contributed by atoms with Crippen molar-refractivity contribution in [3.05, 3.63) is 59.7 Å². The number of benzene rings is 2. The van der Waals surface area contributed by atoms with E-state index in [1.807, 2.05) is 37.3 Å². The highest BCUT2D eigenvalue weighted by Crippen LogP contribution is 2.28. The number of anilines is 1. The van der Waals surface area contributed by atoms with E-state index in [2.05, 4.69) is 22.3 Å². The Hall–Kier alpha value is -2.99. The van der Waals surface area contributed by atoms with Crippen molar-refractivity contribution in [1.82, 2.24) is 5.32 Å². The van der Waals surface area contributed by atoms with Crippen LogP contribution in [0, 0.1) is 0 Å². The van der Waals surface area contributed by atoms with E-state index in [0.29, 0.717) is 24.7 Å². The second-order valence-electron chi connectivity index (χ2n) is 6.66. The van der Waals surface area contributed by atoms with Gasteiger partial charge in [0.1, 0.15) is 0 Å². The molecule has 0 atom stereocenters. The van der Waals surface area contributed by atoms with Crippen LogP contribution in [0.25, 0.3) is 6.08 Å². The van der Waals surface area contributed by atoms with E-state index in [4.69, 9.17) is 14.2 Å². The van der Waals surface area contributed by atoms with E-state index in [-0.39, 0.29) is 5.91 Å². The molecule has 2 aromatic carbocycles. The molecule has 1 aliphatic rings. The first-order valence-corrected chi connectivity index (χ1v) is 9.88. The van der Waals surface area contributed by atoms with Gasteiger partial charge in [0.05, 0.1) is 26.9 Å². The molecule has 1 N–H and O–H groups in total. The highest BCUT2D eigenvalue weighted by molar-refractivity contribution is 5.91. The minimum Gasteiger partial charge on any atom is -0.493 e. The molecule has 1 amide bonds. The number of hydrogen-bond donors (Lipinski definition) is 1. The van der Waals surface area contributed by atoms with Crippen LogP contribution in [0.5, 0.6) is 11.5 Å². The van der Waals surface area contributed by atoms with Crippen molar-refractivity contribution in [1.29, 1.82) is 0 Å². The molecule has 1 fully saturated rings. The lowest BCUT2D eigenvalue weighted by Gasteiger charge is -2.28. The number of methoxy groups -OCH3 is 1. The Morgan fingerprint density at radius 1 is 1.14 bits per heavy atom. The van der Waals surface area contributed by atoms with Crippen molar-refractivity contribution in [3.63, 3.8) is 0 Å². The maximum absolute atomic E-state index is 12.2. The maximum atomic E-state index is 12.2. The summed E-state index contributed by atoms with van der Waals surface area (Å²) in [6, 6.07) is 13.9. The normalized spacial score (nSPS) is 14.1. The van der Waals surface area contributed by atoms with Crippen molar-refractivity contribution in [3.8, 4) is 11.5 Å². The molecular weight excluding hydrogens is 368 g/mol. The van der Waals surface area contributed by atoms with Crippen molar-refractivity contribution < 1.29 is 19.0 Å². The zero-order chi connectivity index (χ0) is 20.5. The fraction of sp³-hybridized carbons (Fsp3) is 0.348. The molecule has 0 unspecified atom stereocenters. The monoisotopic (exact) mass is 396 g/mol. The molecule has 154 valence electrons. The van der Waals surface area contributed by atoms with E-state index in [1.54, 1.807) is 13.2 Å². The molecule has 29 heavy (non-hydrogen) atoms. The quantitative estimate of drug-likeness (QED) is 0.694. The molecular formula is C23H28N2O4. The van der Waals surface area contributed by atoms with Gasteiger partial charge >= 0.3 is 0 Å². The van der Waals surface area contributed by atoms with Gasteiger partial charge in [-0.3, -0.25) is 4.79 Å². The summed E-state index contributed by atoms with van der Waals surface area (Å²) in [6.45, 7) is 6.34. The molecule has 0 bridgehead atoms. The Morgan fingerprint density at radius 2 is 1.90 bits per heavy atom. The molecule has 0 spiro atoms. The van der Waals surface area contributed by atoms with Gasteiger partial charge in [0.15, 0.2) is 11.5 Å². The number of nitrogens with one attached hydrogen (secondary N) is 1. The predicted octanol–water partition coefficient (Wildman–Crippen LogP) is 3.26. The molecule has 1 saturated heterocycles. The van der Waals surface area contributed by atoms with Crippen molar-refractivity contribution >= 4 is 17.7 Å². The first kappa shape index (κ1) is 20.7. The van der Waals surface area contributed by atoms with E-state index < -0.39 is 0 Å². The summed E-state index contributed by atoms with van der Waals surface area (Å²) in [5.41, 5.74) is 3.12. The maximum Gasteiger partial charge on any atom is 0.244 e. The fourth-order valence-electron chi connectivity index (χ4n) is 3.13. The lowest BCUT2D eigenvalue weighted by atomic mass is 10.1. The van der Waals surface area contributed by atoms with Crippen LogP contribution in [0.15, 0.2) is 48.5 Å². The fourth-order valence-corrected chi connectivity index (χ4v) is 3.13. The number of morpholine rings is 1. The summed E-state index contributed by atoms with van der Waals surface area (Å²) in [5.74, 6) is 1.20. The largest absolute Gasteiger partial charge is 0.493 e. The third kappa shape index (κ3) is 5.99. The number of carbonyl (C=O) groups is 1. The van der Waals surface area contributed by atoms with Gasteiger partial charge < -0.3 is 24.4 Å². The molecule has 3 rings (SSSR count). The average Bonchev–Trinajstić information content (AvgIpc) is 2.78. The standard InChI is InChI=1S/C23H28N2O4/c1-3-29-21-10-6-18(16-22(21)27-2)7-11-23(26)24-17-19-4-8-20(9-5-19)25-12-14-28-15-13-25/h4-11,16H,3,12-15,17H2,1-2H3,(H,24,26). The lowest BCUT2D eigenvalue weighted by Crippen LogP contribution is -2.36. The summed E-state index contributed by atoms with van der Waals surface area (Å²) < 4.78 is 16.2. The van der Waals surface area contributed by atoms with Crippen LogP contribution in [0.4, 0.5) is 5.69 Å². The molecule has 0 radical (unpaired) electrons. The molecule has 0 saturated carbocycles. The first-order chi connectivity index (χ1) is 14.2. The van der Waals surface area contributed by atoms with Gasteiger partial charge in [0.2, 0.25) is 5.91 Å². The Morgan fingerprint density at radius 3 is 2.59 bits per heavy atom. The summed E-state index contributed by atoms with van der Waals surface area (Å²) >= 11 is 0. The van der Waals surface area contributed by atoms with Gasteiger partial charge in [-0.2, -0.15) is 0 Å². The highest BCUT2D eigenvalue weighted by Gasteiger charge is 2.10. The molecule has 1 heterocycles. The Bertz CT molecular complexity index is 827.